The Morgan fingerprint density at radius 2 is 1.67 bits per heavy atom. The van der Waals surface area contributed by atoms with Crippen LogP contribution < -0.4 is 5.73 Å². The van der Waals surface area contributed by atoms with Gasteiger partial charge in [0, 0.05) is 45.8 Å². The first-order chi connectivity index (χ1) is 8.78. The molecule has 1 aliphatic heterocycles. The van der Waals surface area contributed by atoms with Crippen LogP contribution in [0.5, 0.6) is 0 Å². The third kappa shape index (κ3) is 4.07. The standard InChI is InChI=1S/C14H23N3O/c15-10-14(18)12-17-8-6-16(7-9-17)11-13-4-2-1-3-5-13/h1-5,14,18H,6-12,15H2/t14-/m1/s1. The van der Waals surface area contributed by atoms with Gasteiger partial charge in [-0.25, -0.2) is 0 Å². The minimum Gasteiger partial charge on any atom is -0.390 e. The first-order valence-electron chi connectivity index (χ1n) is 6.64. The Hall–Kier alpha value is -0.940. The van der Waals surface area contributed by atoms with Gasteiger partial charge in [0.25, 0.3) is 0 Å². The van der Waals surface area contributed by atoms with Crippen molar-refractivity contribution in [2.75, 3.05) is 39.3 Å². The lowest BCUT2D eigenvalue weighted by atomic mass is 10.2. The van der Waals surface area contributed by atoms with Crippen LogP contribution >= 0.6 is 0 Å². The van der Waals surface area contributed by atoms with Gasteiger partial charge in [0.15, 0.2) is 0 Å². The second kappa shape index (κ2) is 6.85. The third-order valence-electron chi connectivity index (χ3n) is 3.45. The van der Waals surface area contributed by atoms with Crippen LogP contribution in [-0.2, 0) is 6.54 Å². The van der Waals surface area contributed by atoms with E-state index in [9.17, 15) is 5.11 Å². The topological polar surface area (TPSA) is 52.7 Å². The summed E-state index contributed by atoms with van der Waals surface area (Å²) in [5, 5.41) is 9.53. The number of piperazine rings is 1. The average molecular weight is 249 g/mol. The molecule has 100 valence electrons. The van der Waals surface area contributed by atoms with E-state index < -0.39 is 0 Å². The van der Waals surface area contributed by atoms with E-state index in [-0.39, 0.29) is 6.10 Å². The highest BCUT2D eigenvalue weighted by Crippen LogP contribution is 2.08. The molecule has 2 rings (SSSR count). The van der Waals surface area contributed by atoms with Crippen molar-refractivity contribution in [3.63, 3.8) is 0 Å². The van der Waals surface area contributed by atoms with Crippen LogP contribution in [0, 0.1) is 0 Å². The van der Waals surface area contributed by atoms with Crippen LogP contribution in [0.3, 0.4) is 0 Å². The Morgan fingerprint density at radius 3 is 2.28 bits per heavy atom. The van der Waals surface area contributed by atoms with Gasteiger partial charge in [-0.3, -0.25) is 9.80 Å². The first-order valence-corrected chi connectivity index (χ1v) is 6.64. The molecule has 0 amide bonds. The minimum absolute atomic E-state index is 0.351. The predicted molar refractivity (Wildman–Crippen MR) is 73.2 cm³/mol. The molecule has 1 fully saturated rings. The van der Waals surface area contributed by atoms with Gasteiger partial charge in [0.1, 0.15) is 0 Å². The van der Waals surface area contributed by atoms with Crippen LogP contribution in [0.2, 0.25) is 0 Å². The molecule has 1 atom stereocenters. The van der Waals surface area contributed by atoms with Crippen LogP contribution in [0.15, 0.2) is 30.3 Å². The summed E-state index contributed by atoms with van der Waals surface area (Å²) < 4.78 is 0. The molecule has 3 N–H and O–H groups in total. The maximum atomic E-state index is 9.53. The summed E-state index contributed by atoms with van der Waals surface area (Å²) in [6.07, 6.45) is -0.384. The molecule has 1 aromatic carbocycles. The highest BCUT2D eigenvalue weighted by Gasteiger charge is 2.18. The summed E-state index contributed by atoms with van der Waals surface area (Å²) in [6.45, 7) is 6.24. The molecular formula is C14H23N3O. The van der Waals surface area contributed by atoms with E-state index in [1.807, 2.05) is 0 Å². The Bertz CT molecular complexity index is 336. The summed E-state index contributed by atoms with van der Waals surface area (Å²) in [7, 11) is 0. The normalized spacial score (nSPS) is 19.9. The van der Waals surface area contributed by atoms with Crippen LogP contribution in [-0.4, -0.2) is 60.3 Å². The third-order valence-corrected chi connectivity index (χ3v) is 3.45. The SMILES string of the molecule is NC[C@@H](O)CN1CCN(Cc2ccccc2)CC1. The molecular weight excluding hydrogens is 226 g/mol. The van der Waals surface area contributed by atoms with E-state index in [0.717, 1.165) is 32.7 Å². The van der Waals surface area contributed by atoms with Crippen molar-refractivity contribution in [3.8, 4) is 0 Å². The molecule has 0 aliphatic carbocycles. The molecule has 0 radical (unpaired) electrons. The summed E-state index contributed by atoms with van der Waals surface area (Å²) in [6, 6.07) is 10.6. The van der Waals surface area contributed by atoms with Crippen molar-refractivity contribution in [2.24, 2.45) is 5.73 Å². The molecule has 0 unspecified atom stereocenters. The van der Waals surface area contributed by atoms with Crippen molar-refractivity contribution in [1.82, 2.24) is 9.80 Å². The summed E-state index contributed by atoms with van der Waals surface area (Å²) in [5.41, 5.74) is 6.80. The van der Waals surface area contributed by atoms with Crippen molar-refractivity contribution in [3.05, 3.63) is 35.9 Å². The number of hydrogen-bond donors (Lipinski definition) is 2. The Kier molecular flexibility index (Phi) is 5.13. The lowest BCUT2D eigenvalue weighted by Crippen LogP contribution is -2.49. The van der Waals surface area contributed by atoms with Gasteiger partial charge in [-0.1, -0.05) is 30.3 Å². The quantitative estimate of drug-likeness (QED) is 0.778. The van der Waals surface area contributed by atoms with E-state index in [4.69, 9.17) is 5.73 Å². The second-order valence-electron chi connectivity index (χ2n) is 4.95. The zero-order chi connectivity index (χ0) is 12.8. The molecule has 0 bridgehead atoms. The van der Waals surface area contributed by atoms with E-state index in [1.54, 1.807) is 0 Å². The number of hydrogen-bond acceptors (Lipinski definition) is 4. The molecule has 0 saturated carbocycles. The fraction of sp³-hybridized carbons (Fsp3) is 0.571. The molecule has 1 saturated heterocycles. The summed E-state index contributed by atoms with van der Waals surface area (Å²) in [4.78, 5) is 4.75. The van der Waals surface area contributed by atoms with Gasteiger partial charge in [0.2, 0.25) is 0 Å². The zero-order valence-electron chi connectivity index (χ0n) is 10.8. The van der Waals surface area contributed by atoms with E-state index in [1.165, 1.54) is 5.56 Å². The summed E-state index contributed by atoms with van der Waals surface area (Å²) in [5.74, 6) is 0. The molecule has 1 heterocycles. The Balaban J connectivity index is 1.73. The number of aliphatic hydroxyl groups is 1. The first kappa shape index (κ1) is 13.5. The molecule has 4 heteroatoms. The molecule has 0 aromatic heterocycles. The number of nitrogens with two attached hydrogens (primary N) is 1. The highest BCUT2D eigenvalue weighted by atomic mass is 16.3. The van der Waals surface area contributed by atoms with Crippen LogP contribution in [0.1, 0.15) is 5.56 Å². The van der Waals surface area contributed by atoms with Crippen molar-refractivity contribution < 1.29 is 5.11 Å². The molecule has 1 aliphatic rings. The van der Waals surface area contributed by atoms with Gasteiger partial charge >= 0.3 is 0 Å². The largest absolute Gasteiger partial charge is 0.390 e. The molecule has 1 aromatic rings. The lowest BCUT2D eigenvalue weighted by molar-refractivity contribution is 0.0739. The molecule has 0 spiro atoms. The predicted octanol–water partition coefficient (Wildman–Crippen LogP) is 0.124. The minimum atomic E-state index is -0.384. The fourth-order valence-electron chi connectivity index (χ4n) is 2.34. The smallest absolute Gasteiger partial charge is 0.0789 e. The maximum Gasteiger partial charge on any atom is 0.0789 e. The van der Waals surface area contributed by atoms with E-state index >= 15 is 0 Å². The summed E-state index contributed by atoms with van der Waals surface area (Å²) >= 11 is 0. The number of benzene rings is 1. The van der Waals surface area contributed by atoms with Crippen molar-refractivity contribution >= 4 is 0 Å². The van der Waals surface area contributed by atoms with Crippen molar-refractivity contribution in [2.45, 2.75) is 12.6 Å². The van der Waals surface area contributed by atoms with Gasteiger partial charge < -0.3 is 10.8 Å². The monoisotopic (exact) mass is 249 g/mol. The number of β-amino-alcohol motifs (C(OH)–C–C–N with tert-alkyl or cyclic N) is 1. The highest BCUT2D eigenvalue weighted by molar-refractivity contribution is 5.14. The zero-order valence-corrected chi connectivity index (χ0v) is 10.8. The Morgan fingerprint density at radius 1 is 1.06 bits per heavy atom. The van der Waals surface area contributed by atoms with Crippen LogP contribution in [0.25, 0.3) is 0 Å². The van der Waals surface area contributed by atoms with E-state index in [0.29, 0.717) is 13.1 Å². The van der Waals surface area contributed by atoms with Gasteiger partial charge in [0.05, 0.1) is 6.10 Å². The van der Waals surface area contributed by atoms with Crippen LogP contribution in [0.4, 0.5) is 0 Å². The van der Waals surface area contributed by atoms with Gasteiger partial charge in [-0.15, -0.1) is 0 Å². The fourth-order valence-corrected chi connectivity index (χ4v) is 2.34. The average Bonchev–Trinajstić information content (AvgIpc) is 2.42. The molecule has 4 nitrogen and oxygen atoms in total. The maximum absolute atomic E-state index is 9.53. The van der Waals surface area contributed by atoms with Crippen molar-refractivity contribution in [1.29, 1.82) is 0 Å². The number of aliphatic hydroxyl groups excluding tert-OH is 1. The Labute approximate surface area is 109 Å². The lowest BCUT2D eigenvalue weighted by Gasteiger charge is -2.35. The van der Waals surface area contributed by atoms with E-state index in [2.05, 4.69) is 40.1 Å². The number of nitrogens with zero attached hydrogens (tertiary/aromatic N) is 2. The number of rotatable bonds is 5. The molecule has 18 heavy (non-hydrogen) atoms. The second-order valence-corrected chi connectivity index (χ2v) is 4.95. The van der Waals surface area contributed by atoms with Gasteiger partial charge in [-0.05, 0) is 5.56 Å². The van der Waals surface area contributed by atoms with Gasteiger partial charge in [-0.2, -0.15) is 0 Å².